The zero-order valence-electron chi connectivity index (χ0n) is 20.0. The monoisotopic (exact) mass is 485 g/mol. The Morgan fingerprint density at radius 1 is 0.806 bits per heavy atom. The largest absolute Gasteiger partial charge is 0.384 e. The van der Waals surface area contributed by atoms with E-state index in [4.69, 9.17) is 15.2 Å². The number of nitrogens with zero attached hydrogens (tertiary/aromatic N) is 1. The van der Waals surface area contributed by atoms with Gasteiger partial charge in [0.25, 0.3) is 0 Å². The molecule has 1 fully saturated rings. The van der Waals surface area contributed by atoms with Crippen molar-refractivity contribution in [3.63, 3.8) is 0 Å². The Balaban J connectivity index is 1.52. The highest BCUT2D eigenvalue weighted by atomic mass is 16.6. The number of benzene rings is 3. The molecule has 0 aliphatic carbocycles. The molecule has 0 unspecified atom stereocenters. The fourth-order valence-corrected chi connectivity index (χ4v) is 5.10. The van der Waals surface area contributed by atoms with Crippen molar-refractivity contribution < 1.29 is 19.7 Å². The van der Waals surface area contributed by atoms with Crippen LogP contribution in [0.3, 0.4) is 0 Å². The molecule has 0 bridgehead atoms. The van der Waals surface area contributed by atoms with Crippen LogP contribution in [0.1, 0.15) is 28.4 Å². The van der Waals surface area contributed by atoms with Crippen LogP contribution in [0.2, 0.25) is 0 Å². The summed E-state index contributed by atoms with van der Waals surface area (Å²) in [7, 11) is 0. The lowest BCUT2D eigenvalue weighted by atomic mass is 9.70. The van der Waals surface area contributed by atoms with Gasteiger partial charge < -0.3 is 25.4 Å². The summed E-state index contributed by atoms with van der Waals surface area (Å²) in [5.74, 6) is 0.291. The average Bonchev–Trinajstić information content (AvgIpc) is 3.40. The molecule has 1 saturated heterocycles. The van der Waals surface area contributed by atoms with Crippen LogP contribution in [0.5, 0.6) is 0 Å². The third-order valence-electron chi connectivity index (χ3n) is 7.01. The third kappa shape index (κ3) is 4.66. The van der Waals surface area contributed by atoms with Gasteiger partial charge in [0, 0.05) is 18.4 Å². The number of aromatic amines is 1. The minimum absolute atomic E-state index is 0.0869. The molecular weight excluding hydrogens is 454 g/mol. The fourth-order valence-electron chi connectivity index (χ4n) is 5.10. The Morgan fingerprint density at radius 2 is 1.33 bits per heavy atom. The number of H-pyrrole nitrogens is 1. The number of nitrogens with one attached hydrogen (secondary N) is 1. The first-order chi connectivity index (χ1) is 17.5. The van der Waals surface area contributed by atoms with E-state index in [1.54, 1.807) is 6.20 Å². The van der Waals surface area contributed by atoms with Gasteiger partial charge in [-0.25, -0.2) is 0 Å². The standard InChI is InChI=1S/C29H31N3O4/c30-27-24(18-31-32-27)26-29(34,17-22-12-6-2-7-13-22)28(33,16-21-10-4-1-5-11-21)25(36-26)20-35-19-23-14-8-3-9-15-23/h1-15,18,25-26,33-34H,16-17,19-20H2,(H3,30,31,32)/t25-,26+,28-,29+/m1/s1. The van der Waals surface area contributed by atoms with Gasteiger partial charge in [-0.1, -0.05) is 91.0 Å². The van der Waals surface area contributed by atoms with Gasteiger partial charge in [0.05, 0.1) is 19.4 Å². The van der Waals surface area contributed by atoms with Crippen LogP contribution in [-0.4, -0.2) is 44.3 Å². The lowest BCUT2D eigenvalue weighted by Gasteiger charge is -2.41. The van der Waals surface area contributed by atoms with Crippen LogP contribution in [0.25, 0.3) is 0 Å². The maximum Gasteiger partial charge on any atom is 0.131 e. The molecule has 5 N–H and O–H groups in total. The molecule has 0 spiro atoms. The van der Waals surface area contributed by atoms with Gasteiger partial charge in [-0.3, -0.25) is 5.10 Å². The van der Waals surface area contributed by atoms with Crippen molar-refractivity contribution in [3.05, 3.63) is 119 Å². The second kappa shape index (κ2) is 10.2. The van der Waals surface area contributed by atoms with Gasteiger partial charge >= 0.3 is 0 Å². The molecule has 5 rings (SSSR count). The number of aromatic nitrogens is 2. The molecule has 0 radical (unpaired) electrons. The number of anilines is 1. The topological polar surface area (TPSA) is 114 Å². The van der Waals surface area contributed by atoms with Crippen molar-refractivity contribution in [2.24, 2.45) is 0 Å². The lowest BCUT2D eigenvalue weighted by Crippen LogP contribution is -2.60. The van der Waals surface area contributed by atoms with E-state index in [1.807, 2.05) is 91.0 Å². The Labute approximate surface area is 210 Å². The van der Waals surface area contributed by atoms with E-state index in [0.717, 1.165) is 16.7 Å². The number of nitrogen functional groups attached to an aromatic ring is 1. The van der Waals surface area contributed by atoms with Gasteiger partial charge in [-0.15, -0.1) is 0 Å². The second-order valence-electron chi connectivity index (χ2n) is 9.42. The second-order valence-corrected chi connectivity index (χ2v) is 9.42. The van der Waals surface area contributed by atoms with Gasteiger partial charge in [-0.2, -0.15) is 5.10 Å². The Kier molecular flexibility index (Phi) is 6.89. The molecule has 1 aliphatic heterocycles. The van der Waals surface area contributed by atoms with Crippen LogP contribution in [0, 0.1) is 0 Å². The number of nitrogens with two attached hydrogens (primary N) is 1. The highest BCUT2D eigenvalue weighted by molar-refractivity contribution is 5.43. The molecule has 7 heteroatoms. The van der Waals surface area contributed by atoms with E-state index >= 15 is 0 Å². The van der Waals surface area contributed by atoms with E-state index in [9.17, 15) is 10.2 Å². The summed E-state index contributed by atoms with van der Waals surface area (Å²) in [6, 6.07) is 29.0. The van der Waals surface area contributed by atoms with Crippen molar-refractivity contribution in [2.45, 2.75) is 42.9 Å². The highest BCUT2D eigenvalue weighted by Crippen LogP contribution is 2.52. The fraction of sp³-hybridized carbons (Fsp3) is 0.276. The molecule has 0 saturated carbocycles. The van der Waals surface area contributed by atoms with E-state index in [0.29, 0.717) is 18.0 Å². The normalized spacial score (nSPS) is 25.7. The summed E-state index contributed by atoms with van der Waals surface area (Å²) < 4.78 is 12.5. The first-order valence-electron chi connectivity index (χ1n) is 12.1. The summed E-state index contributed by atoms with van der Waals surface area (Å²) in [6.07, 6.45) is 0.128. The first kappa shape index (κ1) is 24.2. The van der Waals surface area contributed by atoms with Crippen molar-refractivity contribution in [1.29, 1.82) is 0 Å². The van der Waals surface area contributed by atoms with Crippen LogP contribution < -0.4 is 5.73 Å². The molecule has 7 nitrogen and oxygen atoms in total. The lowest BCUT2D eigenvalue weighted by molar-refractivity contribution is -0.150. The minimum atomic E-state index is -1.72. The van der Waals surface area contributed by atoms with Gasteiger partial charge in [0.15, 0.2) is 0 Å². The number of rotatable bonds is 9. The van der Waals surface area contributed by atoms with Gasteiger partial charge in [-0.05, 0) is 16.7 Å². The molecule has 186 valence electrons. The minimum Gasteiger partial charge on any atom is -0.384 e. The van der Waals surface area contributed by atoms with Crippen LogP contribution >= 0.6 is 0 Å². The zero-order valence-corrected chi connectivity index (χ0v) is 20.0. The van der Waals surface area contributed by atoms with Gasteiger partial charge in [0.1, 0.15) is 29.2 Å². The molecule has 1 aromatic heterocycles. The van der Waals surface area contributed by atoms with Gasteiger partial charge in [0.2, 0.25) is 0 Å². The first-order valence-corrected chi connectivity index (χ1v) is 12.1. The molecule has 0 amide bonds. The third-order valence-corrected chi connectivity index (χ3v) is 7.01. The van der Waals surface area contributed by atoms with Crippen molar-refractivity contribution >= 4 is 5.82 Å². The molecule has 2 heterocycles. The Morgan fingerprint density at radius 3 is 1.86 bits per heavy atom. The predicted octanol–water partition coefficient (Wildman–Crippen LogP) is 3.60. The Hall–Kier alpha value is -3.49. The molecule has 36 heavy (non-hydrogen) atoms. The molecule has 1 aliphatic rings. The summed E-state index contributed by atoms with van der Waals surface area (Å²) in [4.78, 5) is 0. The van der Waals surface area contributed by atoms with E-state index in [-0.39, 0.29) is 19.4 Å². The van der Waals surface area contributed by atoms with E-state index < -0.39 is 23.4 Å². The maximum absolute atomic E-state index is 12.4. The number of ether oxygens (including phenoxy) is 2. The molecule has 4 aromatic rings. The smallest absolute Gasteiger partial charge is 0.131 e. The predicted molar refractivity (Wildman–Crippen MR) is 137 cm³/mol. The summed E-state index contributed by atoms with van der Waals surface area (Å²) >= 11 is 0. The average molecular weight is 486 g/mol. The number of hydrogen-bond acceptors (Lipinski definition) is 6. The Bertz CT molecular complexity index is 1250. The number of hydrogen-bond donors (Lipinski definition) is 4. The molecular formula is C29H31N3O4. The zero-order chi connectivity index (χ0) is 25.0. The summed E-state index contributed by atoms with van der Waals surface area (Å²) in [5.41, 5.74) is 6.03. The van der Waals surface area contributed by atoms with Crippen molar-refractivity contribution in [3.8, 4) is 0 Å². The summed E-state index contributed by atoms with van der Waals surface area (Å²) in [6.45, 7) is 0.446. The number of aliphatic hydroxyl groups is 2. The quantitative estimate of drug-likeness (QED) is 0.288. The van der Waals surface area contributed by atoms with Crippen LogP contribution in [-0.2, 0) is 28.9 Å². The van der Waals surface area contributed by atoms with Crippen LogP contribution in [0.4, 0.5) is 5.82 Å². The highest BCUT2D eigenvalue weighted by Gasteiger charge is 2.66. The molecule has 3 aromatic carbocycles. The van der Waals surface area contributed by atoms with Crippen LogP contribution in [0.15, 0.2) is 97.2 Å². The molecule has 4 atom stereocenters. The summed E-state index contributed by atoms with van der Waals surface area (Å²) in [5, 5.41) is 31.6. The SMILES string of the molecule is Nc1[nH]ncc1[C@@H]1O[C@H](COCc2ccccc2)[C@](O)(Cc2ccccc2)[C@]1(O)Cc1ccccc1. The van der Waals surface area contributed by atoms with E-state index in [2.05, 4.69) is 10.2 Å². The van der Waals surface area contributed by atoms with E-state index in [1.165, 1.54) is 0 Å². The van der Waals surface area contributed by atoms with Crippen molar-refractivity contribution in [2.75, 3.05) is 12.3 Å². The maximum atomic E-state index is 12.4. The van der Waals surface area contributed by atoms with Crippen molar-refractivity contribution in [1.82, 2.24) is 10.2 Å².